The lowest BCUT2D eigenvalue weighted by atomic mass is 9.93. The second-order valence-corrected chi connectivity index (χ2v) is 4.29. The van der Waals surface area contributed by atoms with Crippen LogP contribution in [-0.2, 0) is 0 Å². The Kier molecular flexibility index (Phi) is 5.09. The molecule has 0 aliphatic carbocycles. The van der Waals surface area contributed by atoms with E-state index in [4.69, 9.17) is 10.5 Å². The minimum Gasteiger partial charge on any atom is -0.487 e. The fraction of sp³-hybridized carbons (Fsp3) is 0.538. The van der Waals surface area contributed by atoms with Crippen molar-refractivity contribution in [3.63, 3.8) is 0 Å². The van der Waals surface area contributed by atoms with Crippen molar-refractivity contribution in [1.82, 2.24) is 0 Å². The highest BCUT2D eigenvalue weighted by atomic mass is 16.6. The Balaban J connectivity index is 2.93. The molecule has 1 rings (SSSR count). The van der Waals surface area contributed by atoms with Crippen molar-refractivity contribution in [3.8, 4) is 5.75 Å². The van der Waals surface area contributed by atoms with E-state index in [0.29, 0.717) is 12.3 Å². The lowest BCUT2D eigenvalue weighted by Crippen LogP contribution is -2.37. The van der Waals surface area contributed by atoms with E-state index in [0.717, 1.165) is 19.3 Å². The highest BCUT2D eigenvalue weighted by Crippen LogP contribution is 2.29. The van der Waals surface area contributed by atoms with E-state index >= 15 is 0 Å². The van der Waals surface area contributed by atoms with Crippen LogP contribution < -0.4 is 10.5 Å². The first kappa shape index (κ1) is 14.4. The van der Waals surface area contributed by atoms with Gasteiger partial charge in [-0.2, -0.15) is 0 Å². The Morgan fingerprint density at radius 2 is 2.06 bits per heavy atom. The van der Waals surface area contributed by atoms with Crippen LogP contribution in [0.5, 0.6) is 5.75 Å². The van der Waals surface area contributed by atoms with Crippen molar-refractivity contribution >= 4 is 5.69 Å². The molecule has 5 nitrogen and oxygen atoms in total. The van der Waals surface area contributed by atoms with E-state index in [-0.39, 0.29) is 11.3 Å². The van der Waals surface area contributed by atoms with Gasteiger partial charge < -0.3 is 10.5 Å². The first-order valence-electron chi connectivity index (χ1n) is 6.20. The second kappa shape index (κ2) is 6.35. The van der Waals surface area contributed by atoms with Gasteiger partial charge in [0.1, 0.15) is 11.4 Å². The summed E-state index contributed by atoms with van der Waals surface area (Å²) in [4.78, 5) is 10.3. The Bertz CT molecular complexity index is 403. The molecule has 1 aromatic rings. The first-order valence-corrected chi connectivity index (χ1v) is 6.20. The monoisotopic (exact) mass is 252 g/mol. The smallest absolute Gasteiger partial charge is 0.273 e. The van der Waals surface area contributed by atoms with Crippen LogP contribution in [-0.4, -0.2) is 17.1 Å². The van der Waals surface area contributed by atoms with E-state index in [1.165, 1.54) is 12.1 Å². The van der Waals surface area contributed by atoms with Gasteiger partial charge >= 0.3 is 0 Å². The Morgan fingerprint density at radius 1 is 1.39 bits per heavy atom. The summed E-state index contributed by atoms with van der Waals surface area (Å²) in [6, 6.07) is 6.28. The van der Waals surface area contributed by atoms with Crippen LogP contribution in [0.25, 0.3) is 0 Å². The van der Waals surface area contributed by atoms with E-state index in [2.05, 4.69) is 0 Å². The van der Waals surface area contributed by atoms with Gasteiger partial charge in [0.2, 0.25) is 0 Å². The predicted octanol–water partition coefficient (Wildman–Crippen LogP) is 2.88. The number of benzene rings is 1. The molecule has 0 aliphatic rings. The molecule has 0 radical (unpaired) electrons. The van der Waals surface area contributed by atoms with Crippen molar-refractivity contribution in [3.05, 3.63) is 34.4 Å². The molecule has 100 valence electrons. The van der Waals surface area contributed by atoms with Gasteiger partial charge in [-0.1, -0.05) is 19.9 Å². The van der Waals surface area contributed by atoms with Crippen LogP contribution in [0, 0.1) is 10.1 Å². The molecule has 0 aromatic heterocycles. The van der Waals surface area contributed by atoms with E-state index in [1.54, 1.807) is 12.1 Å². The minimum absolute atomic E-state index is 0.0429. The Morgan fingerprint density at radius 3 is 2.56 bits per heavy atom. The summed E-state index contributed by atoms with van der Waals surface area (Å²) in [7, 11) is 0. The number of hydrogen-bond acceptors (Lipinski definition) is 4. The van der Waals surface area contributed by atoms with E-state index in [1.807, 2.05) is 13.8 Å². The molecule has 2 N–H and O–H groups in total. The molecule has 0 atom stereocenters. The summed E-state index contributed by atoms with van der Waals surface area (Å²) in [5.74, 6) is 0.529. The zero-order chi connectivity index (χ0) is 13.6. The van der Waals surface area contributed by atoms with Gasteiger partial charge in [0.15, 0.2) is 0 Å². The van der Waals surface area contributed by atoms with Gasteiger partial charge in [-0.25, -0.2) is 0 Å². The molecular formula is C13H20N2O3. The van der Waals surface area contributed by atoms with Crippen molar-refractivity contribution in [2.75, 3.05) is 6.54 Å². The molecule has 0 unspecified atom stereocenters. The third kappa shape index (κ3) is 3.43. The standard InChI is InChI=1S/C13H20N2O3/c1-3-13(4-2,8-9-14)18-12-7-5-6-11(10-12)15(16)17/h5-7,10H,3-4,8-9,14H2,1-2H3. The highest BCUT2D eigenvalue weighted by molar-refractivity contribution is 5.38. The molecule has 0 heterocycles. The van der Waals surface area contributed by atoms with Crippen LogP contribution in [0.15, 0.2) is 24.3 Å². The largest absolute Gasteiger partial charge is 0.487 e. The maximum Gasteiger partial charge on any atom is 0.273 e. The Labute approximate surface area is 107 Å². The number of nitro benzene ring substituents is 1. The fourth-order valence-electron chi connectivity index (χ4n) is 1.97. The number of ether oxygens (including phenoxy) is 1. The second-order valence-electron chi connectivity index (χ2n) is 4.29. The predicted molar refractivity (Wildman–Crippen MR) is 70.7 cm³/mol. The summed E-state index contributed by atoms with van der Waals surface area (Å²) >= 11 is 0. The van der Waals surface area contributed by atoms with Gasteiger partial charge in [0, 0.05) is 6.07 Å². The molecule has 0 saturated carbocycles. The summed E-state index contributed by atoms with van der Waals surface area (Å²) in [6.07, 6.45) is 2.38. The maximum atomic E-state index is 10.7. The molecule has 18 heavy (non-hydrogen) atoms. The summed E-state index contributed by atoms with van der Waals surface area (Å²) in [6.45, 7) is 4.61. The third-order valence-corrected chi connectivity index (χ3v) is 3.25. The molecule has 1 aromatic carbocycles. The molecule has 5 heteroatoms. The van der Waals surface area contributed by atoms with Crippen molar-refractivity contribution < 1.29 is 9.66 Å². The Hall–Kier alpha value is -1.62. The molecule has 0 spiro atoms. The number of nitrogens with two attached hydrogens (primary N) is 1. The van der Waals surface area contributed by atoms with E-state index in [9.17, 15) is 10.1 Å². The van der Waals surface area contributed by atoms with Crippen LogP contribution in [0.2, 0.25) is 0 Å². The molecule has 0 amide bonds. The van der Waals surface area contributed by atoms with Gasteiger partial charge in [0.05, 0.1) is 11.0 Å². The number of nitrogens with zero attached hydrogens (tertiary/aromatic N) is 1. The van der Waals surface area contributed by atoms with Crippen molar-refractivity contribution in [1.29, 1.82) is 0 Å². The van der Waals surface area contributed by atoms with Crippen LogP contribution in [0.3, 0.4) is 0 Å². The number of non-ortho nitro benzene ring substituents is 1. The van der Waals surface area contributed by atoms with Crippen LogP contribution in [0.4, 0.5) is 5.69 Å². The van der Waals surface area contributed by atoms with Crippen molar-refractivity contribution in [2.45, 2.75) is 38.7 Å². The maximum absolute atomic E-state index is 10.7. The average molecular weight is 252 g/mol. The SMILES string of the molecule is CCC(CC)(CCN)Oc1cccc([N+](=O)[O-])c1. The topological polar surface area (TPSA) is 78.4 Å². The van der Waals surface area contributed by atoms with Gasteiger partial charge in [0.25, 0.3) is 5.69 Å². The average Bonchev–Trinajstić information content (AvgIpc) is 2.38. The molecule has 0 bridgehead atoms. The van der Waals surface area contributed by atoms with Crippen LogP contribution in [0.1, 0.15) is 33.1 Å². The van der Waals surface area contributed by atoms with Gasteiger partial charge in [-0.15, -0.1) is 0 Å². The third-order valence-electron chi connectivity index (χ3n) is 3.25. The number of nitro groups is 1. The van der Waals surface area contributed by atoms with Gasteiger partial charge in [-0.3, -0.25) is 10.1 Å². The highest BCUT2D eigenvalue weighted by Gasteiger charge is 2.27. The normalized spacial score (nSPS) is 11.3. The molecule has 0 aliphatic heterocycles. The summed E-state index contributed by atoms with van der Waals surface area (Å²) < 4.78 is 5.95. The van der Waals surface area contributed by atoms with Gasteiger partial charge in [-0.05, 0) is 31.9 Å². The molecule has 0 fully saturated rings. The molecule has 0 saturated heterocycles. The van der Waals surface area contributed by atoms with Crippen molar-refractivity contribution in [2.24, 2.45) is 5.73 Å². The summed E-state index contributed by atoms with van der Waals surface area (Å²) in [5.41, 5.74) is 5.32. The molecular weight excluding hydrogens is 232 g/mol. The quantitative estimate of drug-likeness (QED) is 0.597. The lowest BCUT2D eigenvalue weighted by molar-refractivity contribution is -0.385. The number of rotatable bonds is 7. The zero-order valence-electron chi connectivity index (χ0n) is 10.9. The number of hydrogen-bond donors (Lipinski definition) is 1. The lowest BCUT2D eigenvalue weighted by Gasteiger charge is -2.32. The zero-order valence-corrected chi connectivity index (χ0v) is 10.9. The van der Waals surface area contributed by atoms with Crippen LogP contribution >= 0.6 is 0 Å². The fourth-order valence-corrected chi connectivity index (χ4v) is 1.97. The first-order chi connectivity index (χ1) is 8.56. The summed E-state index contributed by atoms with van der Waals surface area (Å²) in [5, 5.41) is 10.7. The minimum atomic E-state index is -0.421. The van der Waals surface area contributed by atoms with E-state index < -0.39 is 4.92 Å².